The number of carbonyl (C=O) groups is 1. The SMILES string of the molecule is C[C@H](OCC1CC1)C(=O)Nc1ccc2[nH]c(=S)oc2c1. The molecule has 5 nitrogen and oxygen atoms in total. The van der Waals surface area contributed by atoms with Gasteiger partial charge >= 0.3 is 0 Å². The second-order valence-corrected chi connectivity index (χ2v) is 5.50. The van der Waals surface area contributed by atoms with Crippen molar-refractivity contribution in [2.45, 2.75) is 25.9 Å². The van der Waals surface area contributed by atoms with Crippen LogP contribution < -0.4 is 5.32 Å². The molecule has 0 radical (unpaired) electrons. The van der Waals surface area contributed by atoms with Crippen molar-refractivity contribution in [2.24, 2.45) is 5.92 Å². The summed E-state index contributed by atoms with van der Waals surface area (Å²) in [6, 6.07) is 5.36. The van der Waals surface area contributed by atoms with Crippen LogP contribution in [0.4, 0.5) is 5.69 Å². The van der Waals surface area contributed by atoms with Crippen molar-refractivity contribution in [3.05, 3.63) is 23.0 Å². The van der Waals surface area contributed by atoms with Crippen molar-refractivity contribution in [1.82, 2.24) is 4.98 Å². The van der Waals surface area contributed by atoms with E-state index in [1.54, 1.807) is 19.1 Å². The number of rotatable bonds is 5. The Hall–Kier alpha value is -1.66. The molecule has 6 heteroatoms. The van der Waals surface area contributed by atoms with Crippen molar-refractivity contribution in [3.63, 3.8) is 0 Å². The molecular formula is C14H16N2O3S. The number of carbonyl (C=O) groups excluding carboxylic acids is 1. The van der Waals surface area contributed by atoms with E-state index >= 15 is 0 Å². The van der Waals surface area contributed by atoms with Gasteiger partial charge in [0.15, 0.2) is 5.58 Å². The number of H-pyrrole nitrogens is 1. The van der Waals surface area contributed by atoms with Gasteiger partial charge in [-0.3, -0.25) is 4.79 Å². The molecule has 1 atom stereocenters. The molecule has 20 heavy (non-hydrogen) atoms. The average molecular weight is 292 g/mol. The maximum absolute atomic E-state index is 12.0. The van der Waals surface area contributed by atoms with E-state index in [-0.39, 0.29) is 5.91 Å². The van der Waals surface area contributed by atoms with E-state index in [4.69, 9.17) is 21.4 Å². The molecule has 0 unspecified atom stereocenters. The van der Waals surface area contributed by atoms with E-state index in [2.05, 4.69) is 10.3 Å². The first-order chi connectivity index (χ1) is 9.61. The van der Waals surface area contributed by atoms with Gasteiger partial charge in [0, 0.05) is 11.8 Å². The number of ether oxygens (including phenoxy) is 1. The fraction of sp³-hybridized carbons (Fsp3) is 0.429. The first-order valence-corrected chi connectivity index (χ1v) is 7.08. The molecule has 0 aliphatic heterocycles. The second kappa shape index (κ2) is 5.38. The number of anilines is 1. The largest absolute Gasteiger partial charge is 0.429 e. The van der Waals surface area contributed by atoms with Gasteiger partial charge in [0.1, 0.15) is 6.10 Å². The predicted molar refractivity (Wildman–Crippen MR) is 78.2 cm³/mol. The minimum atomic E-state index is -0.455. The maximum atomic E-state index is 12.0. The number of benzene rings is 1. The molecule has 0 spiro atoms. The fourth-order valence-electron chi connectivity index (χ4n) is 1.91. The highest BCUT2D eigenvalue weighted by Crippen LogP contribution is 2.29. The van der Waals surface area contributed by atoms with Crippen LogP contribution in [0, 0.1) is 10.8 Å². The Bertz CT molecular complexity index is 687. The Morgan fingerprint density at radius 3 is 3.15 bits per heavy atom. The van der Waals surface area contributed by atoms with E-state index in [1.165, 1.54) is 12.8 Å². The summed E-state index contributed by atoms with van der Waals surface area (Å²) in [5.41, 5.74) is 2.10. The lowest BCUT2D eigenvalue weighted by atomic mass is 10.2. The van der Waals surface area contributed by atoms with Gasteiger partial charge in [-0.15, -0.1) is 0 Å². The van der Waals surface area contributed by atoms with E-state index in [0.29, 0.717) is 28.6 Å². The van der Waals surface area contributed by atoms with Gasteiger partial charge in [-0.1, -0.05) is 0 Å². The zero-order chi connectivity index (χ0) is 14.1. The predicted octanol–water partition coefficient (Wildman–Crippen LogP) is 3.24. The third-order valence-electron chi connectivity index (χ3n) is 3.34. The molecule has 2 aromatic rings. The third kappa shape index (κ3) is 3.08. The lowest BCUT2D eigenvalue weighted by molar-refractivity contribution is -0.126. The van der Waals surface area contributed by atoms with Crippen molar-refractivity contribution < 1.29 is 13.9 Å². The number of oxazole rings is 1. The Labute approximate surface area is 121 Å². The van der Waals surface area contributed by atoms with Crippen LogP contribution in [-0.2, 0) is 9.53 Å². The van der Waals surface area contributed by atoms with Crippen LogP contribution in [0.15, 0.2) is 22.6 Å². The average Bonchev–Trinajstić information content (AvgIpc) is 3.16. The van der Waals surface area contributed by atoms with Gasteiger partial charge in [0.25, 0.3) is 10.7 Å². The summed E-state index contributed by atoms with van der Waals surface area (Å²) in [4.78, 5) is 15.2. The summed E-state index contributed by atoms with van der Waals surface area (Å²) in [6.45, 7) is 2.43. The van der Waals surface area contributed by atoms with Crippen LogP contribution in [0.25, 0.3) is 11.1 Å². The zero-order valence-corrected chi connectivity index (χ0v) is 12.0. The van der Waals surface area contributed by atoms with Crippen LogP contribution >= 0.6 is 12.2 Å². The van der Waals surface area contributed by atoms with E-state index in [1.807, 2.05) is 6.07 Å². The third-order valence-corrected chi connectivity index (χ3v) is 3.52. The molecule has 1 aliphatic carbocycles. The number of hydrogen-bond donors (Lipinski definition) is 2. The van der Waals surface area contributed by atoms with Crippen LogP contribution in [0.3, 0.4) is 0 Å². The Balaban J connectivity index is 1.64. The number of fused-ring (bicyclic) bond motifs is 1. The number of aromatic nitrogens is 1. The highest BCUT2D eigenvalue weighted by Gasteiger charge is 2.24. The Morgan fingerprint density at radius 2 is 2.40 bits per heavy atom. The lowest BCUT2D eigenvalue weighted by Crippen LogP contribution is -2.28. The Morgan fingerprint density at radius 1 is 1.60 bits per heavy atom. The summed E-state index contributed by atoms with van der Waals surface area (Å²) in [5.74, 6) is 0.491. The number of hydrogen-bond acceptors (Lipinski definition) is 4. The highest BCUT2D eigenvalue weighted by molar-refractivity contribution is 7.71. The van der Waals surface area contributed by atoms with Gasteiger partial charge in [-0.25, -0.2) is 0 Å². The first-order valence-electron chi connectivity index (χ1n) is 6.67. The molecule has 1 saturated carbocycles. The van der Waals surface area contributed by atoms with Crippen molar-refractivity contribution in [2.75, 3.05) is 11.9 Å². The molecule has 3 rings (SSSR count). The standard InChI is InChI=1S/C14H16N2O3S/c1-8(18-7-9-2-3-9)13(17)15-10-4-5-11-12(6-10)19-14(20)16-11/h4-6,8-9H,2-3,7H2,1H3,(H,15,17)(H,16,20)/t8-/m0/s1. The molecule has 1 heterocycles. The molecule has 0 saturated heterocycles. The topological polar surface area (TPSA) is 67.3 Å². The quantitative estimate of drug-likeness (QED) is 0.830. The molecule has 1 aliphatic rings. The minimum absolute atomic E-state index is 0.154. The number of nitrogens with one attached hydrogen (secondary N) is 2. The normalized spacial score (nSPS) is 16.2. The molecular weight excluding hydrogens is 276 g/mol. The van der Waals surface area contributed by atoms with Crippen molar-refractivity contribution in [3.8, 4) is 0 Å². The summed E-state index contributed by atoms with van der Waals surface area (Å²) < 4.78 is 10.8. The Kier molecular flexibility index (Phi) is 3.58. The molecule has 2 N–H and O–H groups in total. The summed E-state index contributed by atoms with van der Waals surface area (Å²) in [5, 5.41) is 2.82. The molecule has 106 valence electrons. The first kappa shape index (κ1) is 13.3. The van der Waals surface area contributed by atoms with Crippen LogP contribution in [-0.4, -0.2) is 23.6 Å². The van der Waals surface area contributed by atoms with Crippen LogP contribution in [0.2, 0.25) is 0 Å². The molecule has 0 bridgehead atoms. The van der Waals surface area contributed by atoms with Gasteiger partial charge in [-0.05, 0) is 50.0 Å². The van der Waals surface area contributed by atoms with Crippen molar-refractivity contribution >= 4 is 34.9 Å². The number of aromatic amines is 1. The zero-order valence-electron chi connectivity index (χ0n) is 11.1. The van der Waals surface area contributed by atoms with Crippen molar-refractivity contribution in [1.29, 1.82) is 0 Å². The molecule has 1 fully saturated rings. The van der Waals surface area contributed by atoms with Gasteiger partial charge in [0.2, 0.25) is 0 Å². The summed E-state index contributed by atoms with van der Waals surface area (Å²) >= 11 is 4.92. The van der Waals surface area contributed by atoms with Crippen LogP contribution in [0.1, 0.15) is 19.8 Å². The fourth-order valence-corrected chi connectivity index (χ4v) is 2.11. The number of amides is 1. The summed E-state index contributed by atoms with van der Waals surface area (Å²) in [7, 11) is 0. The van der Waals surface area contributed by atoms with Gasteiger partial charge < -0.3 is 19.5 Å². The van der Waals surface area contributed by atoms with Gasteiger partial charge in [0.05, 0.1) is 12.1 Å². The monoisotopic (exact) mass is 292 g/mol. The van der Waals surface area contributed by atoms with E-state index in [9.17, 15) is 4.79 Å². The molecule has 1 aromatic heterocycles. The molecule has 1 aromatic carbocycles. The smallest absolute Gasteiger partial charge is 0.266 e. The summed E-state index contributed by atoms with van der Waals surface area (Å²) in [6.07, 6.45) is 1.97. The molecule has 1 amide bonds. The maximum Gasteiger partial charge on any atom is 0.266 e. The second-order valence-electron chi connectivity index (χ2n) is 5.13. The van der Waals surface area contributed by atoms with E-state index < -0.39 is 6.10 Å². The lowest BCUT2D eigenvalue weighted by Gasteiger charge is -2.13. The van der Waals surface area contributed by atoms with E-state index in [0.717, 1.165) is 5.52 Å². The van der Waals surface area contributed by atoms with Crippen LogP contribution in [0.5, 0.6) is 0 Å². The highest BCUT2D eigenvalue weighted by atomic mass is 32.1. The minimum Gasteiger partial charge on any atom is -0.429 e. The van der Waals surface area contributed by atoms with Gasteiger partial charge in [-0.2, -0.15) is 0 Å².